The topological polar surface area (TPSA) is 57.3 Å². The van der Waals surface area contributed by atoms with Gasteiger partial charge in [-0.25, -0.2) is 0 Å². The highest BCUT2D eigenvalue weighted by atomic mass is 16.1. The summed E-state index contributed by atoms with van der Waals surface area (Å²) in [7, 11) is 1.83. The number of pyridine rings is 1. The molecule has 24 heavy (non-hydrogen) atoms. The minimum atomic E-state index is -0.00865. The number of benzene rings is 1. The fourth-order valence-corrected chi connectivity index (χ4v) is 3.20. The van der Waals surface area contributed by atoms with Crippen molar-refractivity contribution in [2.24, 2.45) is 5.92 Å². The predicted octanol–water partition coefficient (Wildman–Crippen LogP) is 2.38. The maximum Gasteiger partial charge on any atom is 0.253 e. The molecule has 0 bridgehead atoms. The van der Waals surface area contributed by atoms with Gasteiger partial charge in [-0.15, -0.1) is 0 Å². The second-order valence-corrected chi connectivity index (χ2v) is 6.26. The van der Waals surface area contributed by atoms with Gasteiger partial charge in [0.15, 0.2) is 0 Å². The molecule has 126 valence electrons. The van der Waals surface area contributed by atoms with Crippen LogP contribution in [0.1, 0.15) is 22.3 Å². The van der Waals surface area contributed by atoms with Crippen molar-refractivity contribution >= 4 is 11.6 Å². The van der Waals surface area contributed by atoms with E-state index in [2.05, 4.69) is 26.6 Å². The predicted molar refractivity (Wildman–Crippen MR) is 95.9 cm³/mol. The largest absolute Gasteiger partial charge is 0.387 e. The van der Waals surface area contributed by atoms with Gasteiger partial charge in [-0.2, -0.15) is 0 Å². The molecule has 0 spiro atoms. The molecule has 2 aromatic rings. The summed E-state index contributed by atoms with van der Waals surface area (Å²) in [5.41, 5.74) is 2.80. The van der Waals surface area contributed by atoms with Gasteiger partial charge in [0.2, 0.25) is 0 Å². The maximum atomic E-state index is 12.4. The van der Waals surface area contributed by atoms with Gasteiger partial charge in [0.1, 0.15) is 0 Å². The Labute approximate surface area is 143 Å². The Morgan fingerprint density at radius 2 is 2.17 bits per heavy atom. The average molecular weight is 324 g/mol. The summed E-state index contributed by atoms with van der Waals surface area (Å²) in [5, 5.41) is 6.15. The molecule has 1 aromatic heterocycles. The van der Waals surface area contributed by atoms with E-state index in [1.807, 2.05) is 43.6 Å². The number of aromatic nitrogens is 1. The maximum absolute atomic E-state index is 12.4. The molecule has 0 radical (unpaired) electrons. The number of para-hydroxylation sites is 1. The van der Waals surface area contributed by atoms with Crippen LogP contribution in [0.3, 0.4) is 0 Å². The van der Waals surface area contributed by atoms with Crippen molar-refractivity contribution in [1.82, 2.24) is 15.2 Å². The van der Waals surface area contributed by atoms with E-state index in [0.29, 0.717) is 11.5 Å². The summed E-state index contributed by atoms with van der Waals surface area (Å²) >= 11 is 0. The van der Waals surface area contributed by atoms with E-state index in [-0.39, 0.29) is 5.91 Å². The van der Waals surface area contributed by atoms with E-state index in [1.165, 1.54) is 5.56 Å². The number of nitrogens with one attached hydrogen (secondary N) is 2. The van der Waals surface area contributed by atoms with Crippen LogP contribution in [0.2, 0.25) is 0 Å². The van der Waals surface area contributed by atoms with Crippen LogP contribution in [0.5, 0.6) is 0 Å². The normalized spacial score (nSPS) is 17.6. The van der Waals surface area contributed by atoms with Crippen molar-refractivity contribution in [3.05, 3.63) is 59.9 Å². The first-order chi connectivity index (χ1) is 11.8. The number of rotatable bonds is 6. The molecule has 1 fully saturated rings. The molecule has 1 aliphatic rings. The van der Waals surface area contributed by atoms with E-state index in [4.69, 9.17) is 0 Å². The van der Waals surface area contributed by atoms with E-state index in [0.717, 1.165) is 38.3 Å². The number of hydrogen-bond donors (Lipinski definition) is 2. The molecule has 1 atom stereocenters. The summed E-state index contributed by atoms with van der Waals surface area (Å²) in [6.07, 6.45) is 4.84. The zero-order valence-corrected chi connectivity index (χ0v) is 14.0. The van der Waals surface area contributed by atoms with Crippen molar-refractivity contribution in [2.75, 3.05) is 32.0 Å². The number of nitrogens with zero attached hydrogens (tertiary/aromatic N) is 2. The van der Waals surface area contributed by atoms with Crippen molar-refractivity contribution in [3.8, 4) is 0 Å². The molecule has 3 rings (SSSR count). The lowest BCUT2D eigenvalue weighted by Crippen LogP contribution is -2.31. The summed E-state index contributed by atoms with van der Waals surface area (Å²) in [5.74, 6) is 0.498. The van der Waals surface area contributed by atoms with Crippen LogP contribution >= 0.6 is 0 Å². The van der Waals surface area contributed by atoms with E-state index < -0.39 is 0 Å². The molecule has 2 N–H and O–H groups in total. The van der Waals surface area contributed by atoms with Crippen molar-refractivity contribution in [1.29, 1.82) is 0 Å². The molecule has 0 aliphatic carbocycles. The molecular formula is C19H24N4O. The highest BCUT2D eigenvalue weighted by Gasteiger charge is 2.23. The van der Waals surface area contributed by atoms with Gasteiger partial charge in [0.05, 0.1) is 5.56 Å². The van der Waals surface area contributed by atoms with Crippen LogP contribution in [0.25, 0.3) is 0 Å². The van der Waals surface area contributed by atoms with Crippen LogP contribution in [0.15, 0.2) is 48.8 Å². The van der Waals surface area contributed by atoms with Gasteiger partial charge in [-0.3, -0.25) is 14.7 Å². The lowest BCUT2D eigenvalue weighted by atomic mass is 10.1. The molecule has 1 aromatic carbocycles. The van der Waals surface area contributed by atoms with Crippen molar-refractivity contribution in [3.63, 3.8) is 0 Å². The Balaban J connectivity index is 1.48. The minimum Gasteiger partial charge on any atom is -0.387 e. The first-order valence-corrected chi connectivity index (χ1v) is 8.42. The SMILES string of the molecule is CNc1ccccc1C(=O)NC[C@H]1CCN(Cc2cccnc2)C1. The van der Waals surface area contributed by atoms with Crippen LogP contribution in [-0.2, 0) is 6.54 Å². The molecule has 0 unspecified atom stereocenters. The summed E-state index contributed by atoms with van der Waals surface area (Å²) in [6, 6.07) is 11.7. The number of likely N-dealkylation sites (tertiary alicyclic amines) is 1. The smallest absolute Gasteiger partial charge is 0.253 e. The number of amides is 1. The molecule has 5 heteroatoms. The molecule has 2 heterocycles. The third-order valence-corrected chi connectivity index (χ3v) is 4.49. The fourth-order valence-electron chi connectivity index (χ4n) is 3.20. The van der Waals surface area contributed by atoms with Gasteiger partial charge < -0.3 is 10.6 Å². The standard InChI is InChI=1S/C19H24N4O/c1-20-18-7-3-2-6-17(18)19(24)22-12-16-8-10-23(14-16)13-15-5-4-9-21-11-15/h2-7,9,11,16,20H,8,10,12-14H2,1H3,(H,22,24)/t16-/m1/s1. The third-order valence-electron chi connectivity index (χ3n) is 4.49. The quantitative estimate of drug-likeness (QED) is 0.856. The molecule has 5 nitrogen and oxygen atoms in total. The zero-order valence-electron chi connectivity index (χ0n) is 14.0. The number of hydrogen-bond acceptors (Lipinski definition) is 4. The van der Waals surface area contributed by atoms with Gasteiger partial charge in [0, 0.05) is 44.8 Å². The molecule has 1 aliphatic heterocycles. The number of carbonyl (C=O) groups excluding carboxylic acids is 1. The summed E-state index contributed by atoms with van der Waals surface area (Å²) < 4.78 is 0. The Morgan fingerprint density at radius 1 is 1.29 bits per heavy atom. The van der Waals surface area contributed by atoms with Crippen molar-refractivity contribution in [2.45, 2.75) is 13.0 Å². The first kappa shape index (κ1) is 16.5. The van der Waals surface area contributed by atoms with Crippen molar-refractivity contribution < 1.29 is 4.79 Å². The van der Waals surface area contributed by atoms with Crippen LogP contribution in [0.4, 0.5) is 5.69 Å². The Kier molecular flexibility index (Phi) is 5.43. The Bertz CT molecular complexity index is 674. The van der Waals surface area contributed by atoms with E-state index in [9.17, 15) is 4.79 Å². The van der Waals surface area contributed by atoms with Crippen LogP contribution in [-0.4, -0.2) is 42.5 Å². The fraction of sp³-hybridized carbons (Fsp3) is 0.368. The first-order valence-electron chi connectivity index (χ1n) is 8.42. The molecule has 1 amide bonds. The Morgan fingerprint density at radius 3 is 2.96 bits per heavy atom. The summed E-state index contributed by atoms with van der Waals surface area (Å²) in [4.78, 5) is 19.0. The third kappa shape index (κ3) is 4.11. The average Bonchev–Trinajstić information content (AvgIpc) is 3.08. The monoisotopic (exact) mass is 324 g/mol. The van der Waals surface area contributed by atoms with Gasteiger partial charge in [-0.1, -0.05) is 18.2 Å². The molecule has 1 saturated heterocycles. The lowest BCUT2D eigenvalue weighted by Gasteiger charge is -2.16. The minimum absolute atomic E-state index is 0.00865. The second-order valence-electron chi connectivity index (χ2n) is 6.26. The van der Waals surface area contributed by atoms with E-state index >= 15 is 0 Å². The van der Waals surface area contributed by atoms with Gasteiger partial charge in [-0.05, 0) is 42.6 Å². The summed E-state index contributed by atoms with van der Waals surface area (Å²) in [6.45, 7) is 3.74. The van der Waals surface area contributed by atoms with E-state index in [1.54, 1.807) is 6.20 Å². The second kappa shape index (κ2) is 7.93. The molecular weight excluding hydrogens is 300 g/mol. The molecule has 0 saturated carbocycles. The lowest BCUT2D eigenvalue weighted by molar-refractivity contribution is 0.0948. The van der Waals surface area contributed by atoms with Crippen LogP contribution < -0.4 is 10.6 Å². The zero-order chi connectivity index (χ0) is 16.8. The highest BCUT2D eigenvalue weighted by molar-refractivity contribution is 5.99. The van der Waals surface area contributed by atoms with Crippen LogP contribution in [0, 0.1) is 5.92 Å². The van der Waals surface area contributed by atoms with Gasteiger partial charge in [0.25, 0.3) is 5.91 Å². The number of carbonyl (C=O) groups is 1. The highest BCUT2D eigenvalue weighted by Crippen LogP contribution is 2.19. The Hall–Kier alpha value is -2.40. The number of anilines is 1. The van der Waals surface area contributed by atoms with Gasteiger partial charge >= 0.3 is 0 Å².